The SMILES string of the molecule is CNC(=O)C1=CN(C(C)=O)CCN1C=O. The van der Waals surface area contributed by atoms with Crippen LogP contribution in [0.1, 0.15) is 6.92 Å². The maximum atomic E-state index is 11.4. The summed E-state index contributed by atoms with van der Waals surface area (Å²) >= 11 is 0. The fraction of sp³-hybridized carbons (Fsp3) is 0.444. The molecule has 0 unspecified atom stereocenters. The van der Waals surface area contributed by atoms with E-state index in [1.54, 1.807) is 0 Å². The van der Waals surface area contributed by atoms with E-state index in [4.69, 9.17) is 0 Å². The van der Waals surface area contributed by atoms with Crippen molar-refractivity contribution in [3.05, 3.63) is 11.9 Å². The van der Waals surface area contributed by atoms with Gasteiger partial charge >= 0.3 is 0 Å². The zero-order chi connectivity index (χ0) is 11.4. The van der Waals surface area contributed by atoms with Crippen LogP contribution < -0.4 is 5.32 Å². The molecule has 1 aliphatic heterocycles. The van der Waals surface area contributed by atoms with E-state index in [1.807, 2.05) is 0 Å². The minimum Gasteiger partial charge on any atom is -0.354 e. The molecule has 6 heteroatoms. The van der Waals surface area contributed by atoms with Crippen molar-refractivity contribution in [1.82, 2.24) is 15.1 Å². The average Bonchev–Trinajstić information content (AvgIpc) is 2.27. The van der Waals surface area contributed by atoms with Gasteiger partial charge in [0.05, 0.1) is 0 Å². The van der Waals surface area contributed by atoms with Crippen molar-refractivity contribution >= 4 is 18.2 Å². The molecule has 0 aliphatic carbocycles. The largest absolute Gasteiger partial charge is 0.354 e. The predicted molar refractivity (Wildman–Crippen MR) is 52.3 cm³/mol. The lowest BCUT2D eigenvalue weighted by Gasteiger charge is -2.29. The Labute approximate surface area is 87.5 Å². The third-order valence-electron chi connectivity index (χ3n) is 2.16. The van der Waals surface area contributed by atoms with E-state index in [9.17, 15) is 14.4 Å². The second-order valence-electron chi connectivity index (χ2n) is 3.10. The van der Waals surface area contributed by atoms with Gasteiger partial charge in [0.15, 0.2) is 0 Å². The van der Waals surface area contributed by atoms with E-state index in [2.05, 4.69) is 5.32 Å². The molecule has 0 aromatic heterocycles. The number of rotatable bonds is 2. The molecule has 15 heavy (non-hydrogen) atoms. The van der Waals surface area contributed by atoms with Crippen LogP contribution in [-0.2, 0) is 14.4 Å². The van der Waals surface area contributed by atoms with Gasteiger partial charge in [-0.2, -0.15) is 0 Å². The molecule has 0 atom stereocenters. The second-order valence-corrected chi connectivity index (χ2v) is 3.10. The van der Waals surface area contributed by atoms with Crippen molar-refractivity contribution in [2.75, 3.05) is 20.1 Å². The first-order chi connectivity index (χ1) is 7.10. The number of carbonyl (C=O) groups is 3. The Bertz CT molecular complexity index is 325. The standard InChI is InChI=1S/C9H13N3O3/c1-7(14)11-3-4-12(6-13)8(5-11)9(15)10-2/h5-6H,3-4H2,1-2H3,(H,10,15). The number of hydrogen-bond donors (Lipinski definition) is 1. The average molecular weight is 211 g/mol. The monoisotopic (exact) mass is 211 g/mol. The lowest BCUT2D eigenvalue weighted by Crippen LogP contribution is -2.43. The highest BCUT2D eigenvalue weighted by Crippen LogP contribution is 2.10. The molecule has 1 aliphatic rings. The highest BCUT2D eigenvalue weighted by atomic mass is 16.2. The summed E-state index contributed by atoms with van der Waals surface area (Å²) in [6, 6.07) is 0. The Morgan fingerprint density at radius 3 is 2.60 bits per heavy atom. The van der Waals surface area contributed by atoms with Crippen LogP contribution in [0.25, 0.3) is 0 Å². The van der Waals surface area contributed by atoms with Crippen molar-refractivity contribution in [3.8, 4) is 0 Å². The van der Waals surface area contributed by atoms with Crippen LogP contribution in [0.3, 0.4) is 0 Å². The molecule has 0 saturated carbocycles. The lowest BCUT2D eigenvalue weighted by atomic mass is 10.3. The number of amides is 3. The van der Waals surface area contributed by atoms with E-state index in [-0.39, 0.29) is 17.5 Å². The molecular formula is C9H13N3O3. The first-order valence-electron chi connectivity index (χ1n) is 4.53. The minimum absolute atomic E-state index is 0.151. The fourth-order valence-corrected chi connectivity index (χ4v) is 1.30. The number of likely N-dealkylation sites (N-methyl/N-ethyl adjacent to an activating group) is 1. The van der Waals surface area contributed by atoms with E-state index < -0.39 is 0 Å². The van der Waals surface area contributed by atoms with E-state index in [0.717, 1.165) is 0 Å². The third-order valence-corrected chi connectivity index (χ3v) is 2.16. The normalized spacial score (nSPS) is 15.7. The Morgan fingerprint density at radius 1 is 1.47 bits per heavy atom. The fourth-order valence-electron chi connectivity index (χ4n) is 1.30. The smallest absolute Gasteiger partial charge is 0.269 e. The maximum absolute atomic E-state index is 11.4. The van der Waals surface area contributed by atoms with Crippen LogP contribution in [0.15, 0.2) is 11.9 Å². The summed E-state index contributed by atoms with van der Waals surface area (Å²) in [5.74, 6) is -0.532. The summed E-state index contributed by atoms with van der Waals surface area (Å²) in [5, 5.41) is 2.41. The van der Waals surface area contributed by atoms with Crippen molar-refractivity contribution in [2.45, 2.75) is 6.92 Å². The number of nitrogens with zero attached hydrogens (tertiary/aromatic N) is 2. The van der Waals surface area contributed by atoms with Gasteiger partial charge in [-0.1, -0.05) is 0 Å². The van der Waals surface area contributed by atoms with Gasteiger partial charge in [0.2, 0.25) is 12.3 Å². The van der Waals surface area contributed by atoms with Crippen molar-refractivity contribution in [1.29, 1.82) is 0 Å². The van der Waals surface area contributed by atoms with E-state index in [1.165, 1.54) is 30.0 Å². The zero-order valence-corrected chi connectivity index (χ0v) is 8.69. The zero-order valence-electron chi connectivity index (χ0n) is 8.69. The molecule has 0 aromatic rings. The summed E-state index contributed by atoms with van der Waals surface area (Å²) < 4.78 is 0. The van der Waals surface area contributed by atoms with Gasteiger partial charge in [-0.05, 0) is 0 Å². The van der Waals surface area contributed by atoms with Gasteiger partial charge in [-0.3, -0.25) is 14.4 Å². The molecule has 0 fully saturated rings. The first kappa shape index (κ1) is 11.2. The van der Waals surface area contributed by atoms with Gasteiger partial charge in [0.25, 0.3) is 5.91 Å². The molecule has 1 rings (SSSR count). The number of carbonyl (C=O) groups excluding carboxylic acids is 3. The summed E-state index contributed by atoms with van der Waals surface area (Å²) in [6.07, 6.45) is 1.97. The second kappa shape index (κ2) is 4.59. The summed E-state index contributed by atoms with van der Waals surface area (Å²) in [4.78, 5) is 35.8. The van der Waals surface area contributed by atoms with Crippen LogP contribution in [-0.4, -0.2) is 48.2 Å². The molecule has 6 nitrogen and oxygen atoms in total. The molecule has 1 heterocycles. The highest BCUT2D eigenvalue weighted by Gasteiger charge is 2.23. The lowest BCUT2D eigenvalue weighted by molar-refractivity contribution is -0.129. The van der Waals surface area contributed by atoms with Gasteiger partial charge in [0.1, 0.15) is 5.70 Å². The van der Waals surface area contributed by atoms with Crippen molar-refractivity contribution < 1.29 is 14.4 Å². The Hall–Kier alpha value is -1.85. The van der Waals surface area contributed by atoms with E-state index in [0.29, 0.717) is 19.5 Å². The third kappa shape index (κ3) is 2.34. The van der Waals surface area contributed by atoms with Crippen LogP contribution >= 0.6 is 0 Å². The maximum Gasteiger partial charge on any atom is 0.269 e. The van der Waals surface area contributed by atoms with Crippen molar-refractivity contribution in [2.24, 2.45) is 0 Å². The molecular weight excluding hydrogens is 198 g/mol. The van der Waals surface area contributed by atoms with E-state index >= 15 is 0 Å². The van der Waals surface area contributed by atoms with Gasteiger partial charge in [-0.25, -0.2) is 0 Å². The first-order valence-corrected chi connectivity index (χ1v) is 4.53. The minimum atomic E-state index is -0.381. The molecule has 0 saturated heterocycles. The Kier molecular flexibility index (Phi) is 3.43. The van der Waals surface area contributed by atoms with Crippen LogP contribution in [0.5, 0.6) is 0 Å². The van der Waals surface area contributed by atoms with Crippen LogP contribution in [0.4, 0.5) is 0 Å². The summed E-state index contributed by atoms with van der Waals surface area (Å²) in [6.45, 7) is 2.16. The summed E-state index contributed by atoms with van der Waals surface area (Å²) in [7, 11) is 1.47. The number of hydrogen-bond acceptors (Lipinski definition) is 3. The molecule has 3 amide bonds. The predicted octanol–water partition coefficient (Wildman–Crippen LogP) is -1.11. The van der Waals surface area contributed by atoms with Crippen LogP contribution in [0.2, 0.25) is 0 Å². The molecule has 82 valence electrons. The quantitative estimate of drug-likeness (QED) is 0.589. The topological polar surface area (TPSA) is 69.7 Å². The van der Waals surface area contributed by atoms with Gasteiger partial charge in [-0.15, -0.1) is 0 Å². The van der Waals surface area contributed by atoms with Gasteiger partial charge < -0.3 is 15.1 Å². The Morgan fingerprint density at radius 2 is 2.13 bits per heavy atom. The number of nitrogens with one attached hydrogen (secondary N) is 1. The molecule has 0 bridgehead atoms. The Balaban J connectivity index is 2.96. The van der Waals surface area contributed by atoms with Crippen molar-refractivity contribution in [3.63, 3.8) is 0 Å². The highest BCUT2D eigenvalue weighted by molar-refractivity contribution is 5.95. The van der Waals surface area contributed by atoms with Gasteiger partial charge in [0, 0.05) is 33.3 Å². The summed E-state index contributed by atoms with van der Waals surface area (Å²) in [5.41, 5.74) is 0.189. The van der Waals surface area contributed by atoms with Crippen LogP contribution in [0, 0.1) is 0 Å². The molecule has 1 N–H and O–H groups in total. The molecule has 0 aromatic carbocycles. The molecule has 0 spiro atoms. The molecule has 0 radical (unpaired) electrons.